The summed E-state index contributed by atoms with van der Waals surface area (Å²) in [6.07, 6.45) is 6.84. The molecule has 0 amide bonds. The second kappa shape index (κ2) is 3.11. The van der Waals surface area contributed by atoms with Crippen LogP contribution in [0.1, 0.15) is 25.7 Å². The molecule has 2 fully saturated rings. The first kappa shape index (κ1) is 8.70. The molecular formula is C9H17NOS. The first-order chi connectivity index (χ1) is 5.68. The van der Waals surface area contributed by atoms with Crippen molar-refractivity contribution in [2.24, 2.45) is 0 Å². The Kier molecular flexibility index (Phi) is 2.25. The molecule has 2 saturated heterocycles. The van der Waals surface area contributed by atoms with Crippen LogP contribution < -0.4 is 0 Å². The summed E-state index contributed by atoms with van der Waals surface area (Å²) in [5.41, 5.74) is 0. The van der Waals surface area contributed by atoms with E-state index in [2.05, 4.69) is 11.9 Å². The van der Waals surface area contributed by atoms with Gasteiger partial charge in [0.15, 0.2) is 0 Å². The van der Waals surface area contributed by atoms with Crippen LogP contribution in [0.25, 0.3) is 0 Å². The summed E-state index contributed by atoms with van der Waals surface area (Å²) >= 11 is 0. The summed E-state index contributed by atoms with van der Waals surface area (Å²) in [7, 11) is 1.62. The summed E-state index contributed by atoms with van der Waals surface area (Å²) in [4.78, 5) is 2.49. The fourth-order valence-electron chi connectivity index (χ4n) is 2.63. The summed E-state index contributed by atoms with van der Waals surface area (Å²) in [5.74, 6) is 0. The normalized spacial score (nSPS) is 44.7. The van der Waals surface area contributed by atoms with Crippen molar-refractivity contribution in [2.45, 2.75) is 43.0 Å². The highest BCUT2D eigenvalue weighted by Crippen LogP contribution is 2.35. The van der Waals surface area contributed by atoms with Crippen molar-refractivity contribution >= 4 is 10.8 Å². The molecule has 2 aliphatic rings. The van der Waals surface area contributed by atoms with Crippen LogP contribution in [0.5, 0.6) is 0 Å². The monoisotopic (exact) mass is 187 g/mol. The molecule has 2 aliphatic heterocycles. The molecule has 0 aromatic rings. The minimum atomic E-state index is -0.595. The lowest BCUT2D eigenvalue weighted by Crippen LogP contribution is -2.43. The molecular weight excluding hydrogens is 170 g/mol. The molecule has 2 rings (SSSR count). The first-order valence-corrected chi connectivity index (χ1v) is 6.34. The van der Waals surface area contributed by atoms with Gasteiger partial charge in [0.25, 0.3) is 0 Å². The van der Waals surface area contributed by atoms with E-state index in [4.69, 9.17) is 0 Å². The molecule has 0 radical (unpaired) electrons. The van der Waals surface area contributed by atoms with E-state index in [1.54, 1.807) is 0 Å². The van der Waals surface area contributed by atoms with E-state index < -0.39 is 10.8 Å². The molecule has 3 heteroatoms. The lowest BCUT2D eigenvalue weighted by atomic mass is 10.0. The molecule has 0 aliphatic carbocycles. The lowest BCUT2D eigenvalue weighted by molar-refractivity contribution is 0.182. The Bertz CT molecular complexity index is 193. The average Bonchev–Trinajstić information content (AvgIpc) is 2.30. The van der Waals surface area contributed by atoms with Crippen molar-refractivity contribution in [2.75, 3.05) is 13.3 Å². The van der Waals surface area contributed by atoms with Crippen LogP contribution in [0.2, 0.25) is 0 Å². The number of rotatable bonds is 1. The van der Waals surface area contributed by atoms with E-state index in [0.29, 0.717) is 5.25 Å². The third-order valence-corrected chi connectivity index (χ3v) is 4.85. The fourth-order valence-corrected chi connectivity index (χ4v) is 3.62. The maximum atomic E-state index is 11.3. The third-order valence-electron chi connectivity index (χ3n) is 3.52. The molecule has 12 heavy (non-hydrogen) atoms. The summed E-state index contributed by atoms with van der Waals surface area (Å²) < 4.78 is 11.3. The van der Waals surface area contributed by atoms with Gasteiger partial charge >= 0.3 is 0 Å². The van der Waals surface area contributed by atoms with E-state index in [1.807, 2.05) is 6.26 Å². The number of piperidine rings is 1. The molecule has 70 valence electrons. The topological polar surface area (TPSA) is 20.3 Å². The van der Waals surface area contributed by atoms with E-state index in [9.17, 15) is 4.21 Å². The summed E-state index contributed by atoms with van der Waals surface area (Å²) in [5, 5.41) is 0.485. The Balaban J connectivity index is 2.07. The van der Waals surface area contributed by atoms with Gasteiger partial charge in [0, 0.05) is 34.4 Å². The van der Waals surface area contributed by atoms with E-state index in [1.165, 1.54) is 12.8 Å². The van der Waals surface area contributed by atoms with Gasteiger partial charge in [0.2, 0.25) is 0 Å². The minimum absolute atomic E-state index is 0.485. The molecule has 0 saturated carbocycles. The predicted molar refractivity (Wildman–Crippen MR) is 51.7 cm³/mol. The Morgan fingerprint density at radius 2 is 1.75 bits per heavy atom. The zero-order valence-electron chi connectivity index (χ0n) is 7.82. The third kappa shape index (κ3) is 1.33. The van der Waals surface area contributed by atoms with Gasteiger partial charge in [-0.1, -0.05) is 0 Å². The molecule has 0 aromatic carbocycles. The van der Waals surface area contributed by atoms with Crippen molar-refractivity contribution < 1.29 is 4.21 Å². The molecule has 4 atom stereocenters. The Hall–Kier alpha value is 0.110. The minimum Gasteiger partial charge on any atom is -0.300 e. The van der Waals surface area contributed by atoms with Crippen LogP contribution in [0.4, 0.5) is 0 Å². The number of hydrogen-bond acceptors (Lipinski definition) is 2. The van der Waals surface area contributed by atoms with Gasteiger partial charge in [-0.2, -0.15) is 0 Å². The second-order valence-electron chi connectivity index (χ2n) is 4.14. The largest absolute Gasteiger partial charge is 0.300 e. The molecule has 0 aromatic heterocycles. The molecule has 2 nitrogen and oxygen atoms in total. The number of hydrogen-bond donors (Lipinski definition) is 0. The van der Waals surface area contributed by atoms with Gasteiger partial charge < -0.3 is 4.90 Å². The van der Waals surface area contributed by atoms with E-state index in [-0.39, 0.29) is 0 Å². The van der Waals surface area contributed by atoms with Gasteiger partial charge in [0.05, 0.1) is 0 Å². The summed E-state index contributed by atoms with van der Waals surface area (Å²) in [6.45, 7) is 0. The van der Waals surface area contributed by atoms with E-state index >= 15 is 0 Å². The molecule has 2 bridgehead atoms. The summed E-state index contributed by atoms with van der Waals surface area (Å²) in [6, 6.07) is 1.47. The van der Waals surface area contributed by atoms with Crippen LogP contribution in [0.15, 0.2) is 0 Å². The Morgan fingerprint density at radius 3 is 2.17 bits per heavy atom. The average molecular weight is 187 g/mol. The highest BCUT2D eigenvalue weighted by Gasteiger charge is 2.39. The van der Waals surface area contributed by atoms with Gasteiger partial charge in [-0.3, -0.25) is 4.21 Å². The Morgan fingerprint density at radius 1 is 1.25 bits per heavy atom. The van der Waals surface area contributed by atoms with Crippen LogP contribution in [-0.2, 0) is 10.8 Å². The van der Waals surface area contributed by atoms with Gasteiger partial charge in [-0.25, -0.2) is 0 Å². The van der Waals surface area contributed by atoms with Crippen LogP contribution in [-0.4, -0.2) is 39.7 Å². The van der Waals surface area contributed by atoms with Gasteiger partial charge in [-0.15, -0.1) is 0 Å². The van der Waals surface area contributed by atoms with Crippen LogP contribution >= 0.6 is 0 Å². The standard InChI is InChI=1S/C9H17NOS/c1-10-7-3-4-8(10)6-9(5-7)12(2)11/h7-9H,3-6H2,1-2H3/t7-,8+,9?,12?. The second-order valence-corrected chi connectivity index (χ2v) is 5.81. The Labute approximate surface area is 76.8 Å². The lowest BCUT2D eigenvalue weighted by Gasteiger charge is -2.35. The molecule has 0 spiro atoms. The van der Waals surface area contributed by atoms with Gasteiger partial charge in [0.1, 0.15) is 0 Å². The zero-order valence-corrected chi connectivity index (χ0v) is 8.64. The fraction of sp³-hybridized carbons (Fsp3) is 1.00. The molecule has 0 N–H and O–H groups in total. The quantitative estimate of drug-likeness (QED) is 0.610. The SMILES string of the molecule is CN1[C@@H]2CC[C@H]1CC(S(C)=O)C2. The number of fused-ring (bicyclic) bond motifs is 2. The maximum Gasteiger partial charge on any atom is 0.0374 e. The van der Waals surface area contributed by atoms with Crippen molar-refractivity contribution in [3.05, 3.63) is 0 Å². The van der Waals surface area contributed by atoms with Crippen LogP contribution in [0.3, 0.4) is 0 Å². The highest BCUT2D eigenvalue weighted by atomic mass is 32.2. The molecule has 2 unspecified atom stereocenters. The van der Waals surface area contributed by atoms with Crippen molar-refractivity contribution in [3.63, 3.8) is 0 Å². The van der Waals surface area contributed by atoms with Crippen molar-refractivity contribution in [3.8, 4) is 0 Å². The van der Waals surface area contributed by atoms with Crippen LogP contribution in [0, 0.1) is 0 Å². The predicted octanol–water partition coefficient (Wildman–Crippen LogP) is 0.990. The number of nitrogens with zero attached hydrogens (tertiary/aromatic N) is 1. The molecule has 2 heterocycles. The van der Waals surface area contributed by atoms with Crippen molar-refractivity contribution in [1.29, 1.82) is 0 Å². The highest BCUT2D eigenvalue weighted by molar-refractivity contribution is 7.84. The first-order valence-electron chi connectivity index (χ1n) is 4.72. The smallest absolute Gasteiger partial charge is 0.0374 e. The van der Waals surface area contributed by atoms with Crippen molar-refractivity contribution in [1.82, 2.24) is 4.90 Å². The zero-order chi connectivity index (χ0) is 8.72. The van der Waals surface area contributed by atoms with Gasteiger partial charge in [-0.05, 0) is 32.7 Å². The van der Waals surface area contributed by atoms with E-state index in [0.717, 1.165) is 24.9 Å². The maximum absolute atomic E-state index is 11.3.